The van der Waals surface area contributed by atoms with Crippen molar-refractivity contribution in [3.8, 4) is 0 Å². The molecule has 0 aliphatic carbocycles. The Bertz CT molecular complexity index is 621. The number of carboxylic acid groups (broad SMARTS) is 1. The lowest BCUT2D eigenvalue weighted by Crippen LogP contribution is -2.37. The van der Waals surface area contributed by atoms with E-state index in [1.807, 2.05) is 25.3 Å². The number of fused-ring (bicyclic) bond motifs is 1. The topological polar surface area (TPSA) is 82.7 Å². The minimum absolute atomic E-state index is 0.0498. The van der Waals surface area contributed by atoms with Crippen LogP contribution < -0.4 is 5.32 Å². The quantitative estimate of drug-likeness (QED) is 0.728. The Morgan fingerprint density at radius 1 is 1.43 bits per heavy atom. The second-order valence-electron chi connectivity index (χ2n) is 4.91. The van der Waals surface area contributed by atoms with Crippen LogP contribution in [0.3, 0.4) is 0 Å². The molecule has 6 heteroatoms. The van der Waals surface area contributed by atoms with Crippen LogP contribution in [-0.4, -0.2) is 40.3 Å². The molecular weight excluding hydrogens is 290 g/mol. The fraction of sp³-hybridized carbons (Fsp3) is 0.400. The predicted octanol–water partition coefficient (Wildman–Crippen LogP) is 2.33. The van der Waals surface area contributed by atoms with E-state index in [1.165, 1.54) is 6.07 Å². The molecule has 1 aromatic carbocycles. The number of nitrogens with one attached hydrogen (secondary N) is 1. The lowest BCUT2D eigenvalue weighted by atomic mass is 10.1. The van der Waals surface area contributed by atoms with Crippen LogP contribution in [0.15, 0.2) is 28.7 Å². The van der Waals surface area contributed by atoms with Gasteiger partial charge in [0.2, 0.25) is 5.76 Å². The molecule has 0 aliphatic heterocycles. The molecule has 0 aliphatic rings. The Balaban J connectivity index is 2.07. The number of aromatic carboxylic acids is 1. The molecule has 1 heterocycles. The summed E-state index contributed by atoms with van der Waals surface area (Å²) in [5, 5.41) is 22.5. The fourth-order valence-electron chi connectivity index (χ4n) is 2.16. The van der Waals surface area contributed by atoms with Gasteiger partial charge in [0, 0.05) is 23.2 Å². The van der Waals surface area contributed by atoms with E-state index in [4.69, 9.17) is 9.52 Å². The van der Waals surface area contributed by atoms with Crippen LogP contribution in [0, 0.1) is 0 Å². The summed E-state index contributed by atoms with van der Waals surface area (Å²) in [6.07, 6.45) is 1.98. The van der Waals surface area contributed by atoms with Crippen LogP contribution in [0.4, 0.5) is 0 Å². The molecule has 2 rings (SSSR count). The van der Waals surface area contributed by atoms with Gasteiger partial charge in [0.1, 0.15) is 5.58 Å². The summed E-state index contributed by atoms with van der Waals surface area (Å²) in [6.45, 7) is 2.83. The van der Waals surface area contributed by atoms with E-state index >= 15 is 0 Å². The fourth-order valence-corrected chi connectivity index (χ4v) is 2.81. The number of rotatable bonds is 7. The molecule has 114 valence electrons. The summed E-state index contributed by atoms with van der Waals surface area (Å²) in [7, 11) is 0. The Morgan fingerprint density at radius 3 is 2.81 bits per heavy atom. The van der Waals surface area contributed by atoms with Crippen molar-refractivity contribution < 1.29 is 19.4 Å². The van der Waals surface area contributed by atoms with Crippen molar-refractivity contribution in [2.45, 2.75) is 24.8 Å². The first kappa shape index (κ1) is 15.9. The second kappa shape index (κ2) is 6.98. The molecule has 2 aromatic rings. The minimum Gasteiger partial charge on any atom is -0.475 e. The van der Waals surface area contributed by atoms with Crippen LogP contribution in [0.1, 0.15) is 23.0 Å². The first-order chi connectivity index (χ1) is 10.0. The van der Waals surface area contributed by atoms with E-state index in [2.05, 4.69) is 5.32 Å². The van der Waals surface area contributed by atoms with Gasteiger partial charge in [-0.25, -0.2) is 4.79 Å². The predicted molar refractivity (Wildman–Crippen MR) is 83.9 cm³/mol. The van der Waals surface area contributed by atoms with Gasteiger partial charge in [-0.05, 0) is 36.9 Å². The zero-order valence-electron chi connectivity index (χ0n) is 12.0. The van der Waals surface area contributed by atoms with Crippen LogP contribution in [-0.2, 0) is 6.54 Å². The van der Waals surface area contributed by atoms with Gasteiger partial charge < -0.3 is 19.9 Å². The molecule has 3 N–H and O–H groups in total. The molecule has 0 spiro atoms. The van der Waals surface area contributed by atoms with Crippen molar-refractivity contribution >= 4 is 28.7 Å². The molecule has 5 nitrogen and oxygen atoms in total. The monoisotopic (exact) mass is 309 g/mol. The Hall–Kier alpha value is -1.50. The van der Waals surface area contributed by atoms with Gasteiger partial charge in [-0.3, -0.25) is 0 Å². The molecule has 1 aromatic heterocycles. The summed E-state index contributed by atoms with van der Waals surface area (Å²) < 4.78 is 5.23. The van der Waals surface area contributed by atoms with E-state index in [1.54, 1.807) is 17.8 Å². The number of thioether (sulfide) groups is 1. The molecular formula is C15H19NO4S. The van der Waals surface area contributed by atoms with Crippen molar-refractivity contribution in [1.29, 1.82) is 0 Å². The highest BCUT2D eigenvalue weighted by Crippen LogP contribution is 2.21. The van der Waals surface area contributed by atoms with Gasteiger partial charge in [-0.2, -0.15) is 11.8 Å². The zero-order valence-corrected chi connectivity index (χ0v) is 12.8. The summed E-state index contributed by atoms with van der Waals surface area (Å²) >= 11 is 1.63. The van der Waals surface area contributed by atoms with Gasteiger partial charge in [-0.15, -0.1) is 0 Å². The summed E-state index contributed by atoms with van der Waals surface area (Å²) in [5.74, 6) is -1.11. The third-order valence-corrected chi connectivity index (χ3v) is 4.62. The molecule has 0 fully saturated rings. The number of aliphatic hydroxyl groups excluding tert-OH is 1. The van der Waals surface area contributed by atoms with E-state index in [9.17, 15) is 9.90 Å². The van der Waals surface area contributed by atoms with Crippen molar-refractivity contribution in [3.63, 3.8) is 0 Å². The van der Waals surface area contributed by atoms with Gasteiger partial charge in [0.05, 0.1) is 6.61 Å². The Labute approximate surface area is 127 Å². The van der Waals surface area contributed by atoms with Crippen molar-refractivity contribution in [1.82, 2.24) is 5.32 Å². The first-order valence-corrected chi connectivity index (χ1v) is 7.96. The number of carbonyl (C=O) groups is 1. The number of aliphatic hydroxyl groups is 1. The maximum atomic E-state index is 10.9. The second-order valence-corrected chi connectivity index (χ2v) is 5.99. The highest BCUT2D eigenvalue weighted by atomic mass is 32.2. The Kier molecular flexibility index (Phi) is 5.27. The zero-order chi connectivity index (χ0) is 15.4. The SMILES string of the molecule is CSC(CO)C(C)NCc1ccc2oc(C(=O)O)cc2c1. The number of benzene rings is 1. The molecule has 0 saturated heterocycles. The summed E-state index contributed by atoms with van der Waals surface area (Å²) in [6, 6.07) is 7.31. The van der Waals surface area contributed by atoms with Crippen LogP contribution in [0.2, 0.25) is 0 Å². The van der Waals surface area contributed by atoms with Gasteiger partial charge >= 0.3 is 5.97 Å². The average molecular weight is 309 g/mol. The van der Waals surface area contributed by atoms with Crippen LogP contribution in [0.25, 0.3) is 11.0 Å². The Morgan fingerprint density at radius 2 is 2.19 bits per heavy atom. The maximum absolute atomic E-state index is 10.9. The normalized spacial score (nSPS) is 14.2. The molecule has 0 saturated carbocycles. The van der Waals surface area contributed by atoms with Crippen molar-refractivity contribution in [2.75, 3.05) is 12.9 Å². The smallest absolute Gasteiger partial charge is 0.371 e. The third-order valence-electron chi connectivity index (χ3n) is 3.46. The van der Waals surface area contributed by atoms with Gasteiger partial charge in [0.25, 0.3) is 0 Å². The third kappa shape index (κ3) is 3.78. The maximum Gasteiger partial charge on any atom is 0.371 e. The first-order valence-electron chi connectivity index (χ1n) is 6.68. The molecule has 0 bridgehead atoms. The van der Waals surface area contributed by atoms with E-state index in [-0.39, 0.29) is 23.7 Å². The summed E-state index contributed by atoms with van der Waals surface area (Å²) in [5.41, 5.74) is 1.62. The van der Waals surface area contributed by atoms with Gasteiger partial charge in [0.15, 0.2) is 0 Å². The highest BCUT2D eigenvalue weighted by molar-refractivity contribution is 7.99. The van der Waals surface area contributed by atoms with Crippen molar-refractivity contribution in [3.05, 3.63) is 35.6 Å². The van der Waals surface area contributed by atoms with E-state index < -0.39 is 5.97 Å². The molecule has 0 radical (unpaired) electrons. The molecule has 2 atom stereocenters. The highest BCUT2D eigenvalue weighted by Gasteiger charge is 2.15. The molecule has 0 amide bonds. The lowest BCUT2D eigenvalue weighted by molar-refractivity contribution is 0.0665. The van der Waals surface area contributed by atoms with Gasteiger partial charge in [-0.1, -0.05) is 6.07 Å². The summed E-state index contributed by atoms with van der Waals surface area (Å²) in [4.78, 5) is 10.9. The average Bonchev–Trinajstić information content (AvgIpc) is 2.89. The minimum atomic E-state index is -1.06. The number of hydrogen-bond donors (Lipinski definition) is 3. The van der Waals surface area contributed by atoms with Crippen molar-refractivity contribution in [2.24, 2.45) is 0 Å². The molecule has 21 heavy (non-hydrogen) atoms. The lowest BCUT2D eigenvalue weighted by Gasteiger charge is -2.21. The standard InChI is InChI=1S/C15H19NO4S/c1-9(14(8-17)21-2)16-7-10-3-4-12-11(5-10)6-13(20-12)15(18)19/h3-6,9,14,16-17H,7-8H2,1-2H3,(H,18,19). The van der Waals surface area contributed by atoms with E-state index in [0.29, 0.717) is 12.1 Å². The van der Waals surface area contributed by atoms with E-state index in [0.717, 1.165) is 10.9 Å². The van der Waals surface area contributed by atoms with Crippen LogP contribution in [0.5, 0.6) is 0 Å². The van der Waals surface area contributed by atoms with Crippen LogP contribution >= 0.6 is 11.8 Å². The molecule has 2 unspecified atom stereocenters. The number of hydrogen-bond acceptors (Lipinski definition) is 5. The number of furan rings is 1. The number of carboxylic acids is 1. The largest absolute Gasteiger partial charge is 0.475 e.